The van der Waals surface area contributed by atoms with E-state index in [2.05, 4.69) is 25.9 Å². The highest BCUT2D eigenvalue weighted by atomic mass is 127. The minimum atomic E-state index is -0.110. The summed E-state index contributed by atoms with van der Waals surface area (Å²) in [6, 6.07) is 13.1. The second-order valence-electron chi connectivity index (χ2n) is 5.23. The fraction of sp³-hybridized carbons (Fsp3) is 0.278. The lowest BCUT2D eigenvalue weighted by molar-refractivity contribution is -0.114. The summed E-state index contributed by atoms with van der Waals surface area (Å²) in [6.07, 6.45) is 1.76. The summed E-state index contributed by atoms with van der Waals surface area (Å²) >= 11 is 0. The van der Waals surface area contributed by atoms with E-state index in [1.807, 2.05) is 36.4 Å². The van der Waals surface area contributed by atoms with Crippen molar-refractivity contribution in [2.24, 2.45) is 4.99 Å². The Balaban J connectivity index is 0.00000338. The number of nitrogens with one attached hydrogen (secondary N) is 3. The van der Waals surface area contributed by atoms with Gasteiger partial charge in [0.1, 0.15) is 12.4 Å². The number of halogens is 1. The first-order valence-electron chi connectivity index (χ1n) is 8.02. The molecule has 0 unspecified atom stereocenters. The molecule has 0 spiro atoms. The highest BCUT2D eigenvalue weighted by Gasteiger charge is 2.01. The van der Waals surface area contributed by atoms with Gasteiger partial charge in [-0.1, -0.05) is 12.1 Å². The molecule has 1 heterocycles. The average molecular weight is 469 g/mol. The molecular weight excluding hydrogens is 445 g/mol. The lowest BCUT2D eigenvalue weighted by atomic mass is 10.3. The van der Waals surface area contributed by atoms with Crippen LogP contribution < -0.4 is 20.7 Å². The number of ether oxygens (including phenoxy) is 1. The first-order chi connectivity index (χ1) is 12.2. The Hall–Kier alpha value is -2.36. The summed E-state index contributed by atoms with van der Waals surface area (Å²) in [7, 11) is 1.71. The van der Waals surface area contributed by atoms with Crippen molar-refractivity contribution >= 4 is 41.5 Å². The summed E-state index contributed by atoms with van der Waals surface area (Å²) in [4.78, 5) is 19.5. The average Bonchev–Trinajstić information content (AvgIpc) is 2.62. The molecule has 0 radical (unpaired) electrons. The van der Waals surface area contributed by atoms with Crippen molar-refractivity contribution in [1.82, 2.24) is 15.6 Å². The van der Waals surface area contributed by atoms with Crippen LogP contribution in [0, 0.1) is 0 Å². The lowest BCUT2D eigenvalue weighted by Gasteiger charge is -2.12. The van der Waals surface area contributed by atoms with E-state index >= 15 is 0 Å². The van der Waals surface area contributed by atoms with Gasteiger partial charge in [0.05, 0.1) is 18.8 Å². The van der Waals surface area contributed by atoms with Crippen molar-refractivity contribution < 1.29 is 9.53 Å². The zero-order chi connectivity index (χ0) is 17.9. The van der Waals surface area contributed by atoms with Gasteiger partial charge in [-0.05, 0) is 24.3 Å². The molecule has 0 aliphatic carbocycles. The SMILES string of the molecule is CN=C(NCCOc1cccc(NC(C)=O)c1)NCc1ccccn1.I. The molecule has 0 atom stereocenters. The topological polar surface area (TPSA) is 87.6 Å². The van der Waals surface area contributed by atoms with E-state index in [9.17, 15) is 4.79 Å². The minimum Gasteiger partial charge on any atom is -0.492 e. The number of carbonyl (C=O) groups is 1. The normalized spacial score (nSPS) is 10.5. The van der Waals surface area contributed by atoms with E-state index in [1.54, 1.807) is 19.3 Å². The molecule has 1 aromatic carbocycles. The maximum Gasteiger partial charge on any atom is 0.221 e. The Morgan fingerprint density at radius 3 is 2.73 bits per heavy atom. The molecule has 0 aliphatic heterocycles. The third kappa shape index (κ3) is 8.15. The Morgan fingerprint density at radius 1 is 1.19 bits per heavy atom. The smallest absolute Gasteiger partial charge is 0.221 e. The Morgan fingerprint density at radius 2 is 2.04 bits per heavy atom. The maximum absolute atomic E-state index is 11.1. The van der Waals surface area contributed by atoms with Gasteiger partial charge in [0.15, 0.2) is 5.96 Å². The van der Waals surface area contributed by atoms with E-state index in [4.69, 9.17) is 4.74 Å². The predicted octanol–water partition coefficient (Wildman–Crippen LogP) is 2.40. The van der Waals surface area contributed by atoms with Crippen LogP contribution in [0.5, 0.6) is 5.75 Å². The fourth-order valence-electron chi connectivity index (χ4n) is 2.10. The summed E-state index contributed by atoms with van der Waals surface area (Å²) in [5.74, 6) is 1.27. The van der Waals surface area contributed by atoms with Crippen molar-refractivity contribution in [3.8, 4) is 5.75 Å². The molecular formula is C18H24IN5O2. The van der Waals surface area contributed by atoms with Gasteiger partial charge in [-0.25, -0.2) is 0 Å². The largest absolute Gasteiger partial charge is 0.492 e. The van der Waals surface area contributed by atoms with Crippen LogP contribution in [0.25, 0.3) is 0 Å². The highest BCUT2D eigenvalue weighted by Crippen LogP contribution is 2.16. The monoisotopic (exact) mass is 469 g/mol. The molecule has 0 fully saturated rings. The quantitative estimate of drug-likeness (QED) is 0.251. The lowest BCUT2D eigenvalue weighted by Crippen LogP contribution is -2.39. The van der Waals surface area contributed by atoms with Crippen LogP contribution in [0.15, 0.2) is 53.7 Å². The van der Waals surface area contributed by atoms with Gasteiger partial charge >= 0.3 is 0 Å². The number of anilines is 1. The Labute approximate surface area is 170 Å². The number of hydrogen-bond donors (Lipinski definition) is 3. The molecule has 8 heteroatoms. The van der Waals surface area contributed by atoms with Crippen molar-refractivity contribution in [2.75, 3.05) is 25.5 Å². The molecule has 3 N–H and O–H groups in total. The molecule has 0 aliphatic rings. The summed E-state index contributed by atoms with van der Waals surface area (Å²) < 4.78 is 5.68. The van der Waals surface area contributed by atoms with Crippen molar-refractivity contribution in [1.29, 1.82) is 0 Å². The second-order valence-corrected chi connectivity index (χ2v) is 5.23. The number of guanidine groups is 1. The van der Waals surface area contributed by atoms with Crippen LogP contribution in [0.2, 0.25) is 0 Å². The molecule has 2 aromatic rings. The number of rotatable bonds is 7. The molecule has 140 valence electrons. The molecule has 0 saturated heterocycles. The van der Waals surface area contributed by atoms with Crippen molar-refractivity contribution in [3.63, 3.8) is 0 Å². The van der Waals surface area contributed by atoms with Gasteiger partial charge in [0.2, 0.25) is 5.91 Å². The van der Waals surface area contributed by atoms with Crippen molar-refractivity contribution in [3.05, 3.63) is 54.4 Å². The number of amides is 1. The summed E-state index contributed by atoms with van der Waals surface area (Å²) in [5.41, 5.74) is 1.65. The van der Waals surface area contributed by atoms with Gasteiger partial charge in [0, 0.05) is 31.9 Å². The van der Waals surface area contributed by atoms with Crippen molar-refractivity contribution in [2.45, 2.75) is 13.5 Å². The summed E-state index contributed by atoms with van der Waals surface area (Å²) in [5, 5.41) is 9.09. The van der Waals surface area contributed by atoms with Gasteiger partial charge in [0.25, 0.3) is 0 Å². The number of aromatic nitrogens is 1. The first kappa shape index (κ1) is 21.7. The predicted molar refractivity (Wildman–Crippen MR) is 114 cm³/mol. The second kappa shape index (κ2) is 12.1. The van der Waals surface area contributed by atoms with Gasteiger partial charge in [-0.2, -0.15) is 0 Å². The fourth-order valence-corrected chi connectivity index (χ4v) is 2.10. The molecule has 26 heavy (non-hydrogen) atoms. The number of carbonyl (C=O) groups excluding carboxylic acids is 1. The van der Waals surface area contributed by atoms with E-state index in [1.165, 1.54) is 6.92 Å². The number of pyridine rings is 1. The van der Waals surface area contributed by atoms with Crippen LogP contribution in [-0.2, 0) is 11.3 Å². The maximum atomic E-state index is 11.1. The third-order valence-electron chi connectivity index (χ3n) is 3.20. The van der Waals surface area contributed by atoms with E-state index in [0.29, 0.717) is 37.1 Å². The van der Waals surface area contributed by atoms with Crippen LogP contribution in [0.1, 0.15) is 12.6 Å². The standard InChI is InChI=1S/C18H23N5O2.HI/c1-14(24)23-15-7-5-8-17(12-15)25-11-10-21-18(19-2)22-13-16-6-3-4-9-20-16;/h3-9,12H,10-11,13H2,1-2H3,(H,23,24)(H2,19,21,22);1H. The van der Waals surface area contributed by atoms with Gasteiger partial charge < -0.3 is 20.7 Å². The van der Waals surface area contributed by atoms with E-state index in [0.717, 1.165) is 5.69 Å². The summed E-state index contributed by atoms with van der Waals surface area (Å²) in [6.45, 7) is 3.13. The van der Waals surface area contributed by atoms with Crippen LogP contribution >= 0.6 is 24.0 Å². The van der Waals surface area contributed by atoms with E-state index in [-0.39, 0.29) is 29.9 Å². The molecule has 7 nitrogen and oxygen atoms in total. The van der Waals surface area contributed by atoms with E-state index < -0.39 is 0 Å². The third-order valence-corrected chi connectivity index (χ3v) is 3.20. The molecule has 1 amide bonds. The van der Waals surface area contributed by atoms with Gasteiger partial charge in [-0.3, -0.25) is 14.8 Å². The molecule has 2 rings (SSSR count). The molecule has 1 aromatic heterocycles. The Bertz CT molecular complexity index is 710. The zero-order valence-corrected chi connectivity index (χ0v) is 17.2. The number of aliphatic imine (C=N–C) groups is 1. The number of nitrogens with zero attached hydrogens (tertiary/aromatic N) is 2. The van der Waals surface area contributed by atoms with Crippen LogP contribution in [0.3, 0.4) is 0 Å². The number of hydrogen-bond acceptors (Lipinski definition) is 4. The Kier molecular flexibility index (Phi) is 10.1. The first-order valence-corrected chi connectivity index (χ1v) is 8.02. The number of benzene rings is 1. The van der Waals surface area contributed by atoms with Gasteiger partial charge in [-0.15, -0.1) is 24.0 Å². The molecule has 0 bridgehead atoms. The van der Waals surface area contributed by atoms with Crippen LogP contribution in [0.4, 0.5) is 5.69 Å². The van der Waals surface area contributed by atoms with Crippen LogP contribution in [-0.4, -0.2) is 37.1 Å². The zero-order valence-electron chi connectivity index (χ0n) is 14.9. The molecule has 0 saturated carbocycles. The minimum absolute atomic E-state index is 0. The highest BCUT2D eigenvalue weighted by molar-refractivity contribution is 14.0.